The Balaban J connectivity index is 1.78. The van der Waals surface area contributed by atoms with Crippen LogP contribution < -0.4 is 5.32 Å². The van der Waals surface area contributed by atoms with Crippen LogP contribution in [0, 0.1) is 6.92 Å². The van der Waals surface area contributed by atoms with Crippen LogP contribution in [0.15, 0.2) is 53.0 Å². The number of hydrogen-bond donors (Lipinski definition) is 1. The van der Waals surface area contributed by atoms with E-state index in [1.54, 1.807) is 4.90 Å². The SMILES string of the molecule is Cc1ccccc1CC(=O)N(Cc1cccc(Br)c1)C(C)C(=O)NC1CCCC1. The molecule has 1 aliphatic rings. The summed E-state index contributed by atoms with van der Waals surface area (Å²) >= 11 is 3.49. The van der Waals surface area contributed by atoms with Gasteiger partial charge in [0.25, 0.3) is 0 Å². The van der Waals surface area contributed by atoms with E-state index in [0.29, 0.717) is 13.0 Å². The number of rotatable bonds is 7. The van der Waals surface area contributed by atoms with Crippen LogP contribution in [0.4, 0.5) is 0 Å². The summed E-state index contributed by atoms with van der Waals surface area (Å²) in [6, 6.07) is 15.5. The van der Waals surface area contributed by atoms with Crippen LogP contribution in [0.5, 0.6) is 0 Å². The largest absolute Gasteiger partial charge is 0.352 e. The van der Waals surface area contributed by atoms with E-state index in [9.17, 15) is 9.59 Å². The minimum atomic E-state index is -0.522. The van der Waals surface area contributed by atoms with Gasteiger partial charge in [-0.05, 0) is 55.5 Å². The number of halogens is 1. The summed E-state index contributed by atoms with van der Waals surface area (Å²) in [6.07, 6.45) is 4.67. The van der Waals surface area contributed by atoms with E-state index in [1.165, 1.54) is 0 Å². The summed E-state index contributed by atoms with van der Waals surface area (Å²) in [5, 5.41) is 3.14. The molecule has 2 aromatic carbocycles. The number of nitrogens with zero attached hydrogens (tertiary/aromatic N) is 1. The van der Waals surface area contributed by atoms with Crippen molar-refractivity contribution in [3.8, 4) is 0 Å². The summed E-state index contributed by atoms with van der Waals surface area (Å²) in [6.45, 7) is 4.25. The molecule has 0 aromatic heterocycles. The monoisotopic (exact) mass is 456 g/mol. The molecule has 0 saturated heterocycles. The molecule has 0 aliphatic heterocycles. The van der Waals surface area contributed by atoms with Gasteiger partial charge in [0.2, 0.25) is 11.8 Å². The van der Waals surface area contributed by atoms with E-state index < -0.39 is 6.04 Å². The highest BCUT2D eigenvalue weighted by Crippen LogP contribution is 2.20. The van der Waals surface area contributed by atoms with Gasteiger partial charge in [0.05, 0.1) is 6.42 Å². The Hall–Kier alpha value is -2.14. The van der Waals surface area contributed by atoms with Crippen LogP contribution >= 0.6 is 15.9 Å². The van der Waals surface area contributed by atoms with E-state index >= 15 is 0 Å². The van der Waals surface area contributed by atoms with E-state index in [-0.39, 0.29) is 17.9 Å². The Bertz CT molecular complexity index is 861. The molecule has 4 nitrogen and oxygen atoms in total. The van der Waals surface area contributed by atoms with E-state index in [4.69, 9.17) is 0 Å². The van der Waals surface area contributed by atoms with Crippen LogP contribution in [0.25, 0.3) is 0 Å². The van der Waals surface area contributed by atoms with Gasteiger partial charge in [0, 0.05) is 17.1 Å². The second kappa shape index (κ2) is 10.1. The standard InChI is InChI=1S/C24H29BrN2O2/c1-17-8-3-4-10-20(17)15-23(28)27(16-19-9-7-11-21(25)14-19)18(2)24(29)26-22-12-5-6-13-22/h3-4,7-11,14,18,22H,5-6,12-13,15-16H2,1-2H3,(H,26,29). The zero-order chi connectivity index (χ0) is 20.8. The number of nitrogens with one attached hydrogen (secondary N) is 1. The van der Waals surface area contributed by atoms with Gasteiger partial charge in [-0.15, -0.1) is 0 Å². The highest BCUT2D eigenvalue weighted by atomic mass is 79.9. The predicted octanol–water partition coefficient (Wildman–Crippen LogP) is 4.78. The van der Waals surface area contributed by atoms with Crippen molar-refractivity contribution in [2.45, 2.75) is 64.6 Å². The van der Waals surface area contributed by atoms with Gasteiger partial charge in [-0.1, -0.05) is 65.2 Å². The van der Waals surface area contributed by atoms with Gasteiger partial charge < -0.3 is 10.2 Å². The number of amides is 2. The molecule has 0 bridgehead atoms. The van der Waals surface area contributed by atoms with Crippen LogP contribution in [0.2, 0.25) is 0 Å². The molecule has 0 radical (unpaired) electrons. The smallest absolute Gasteiger partial charge is 0.242 e. The van der Waals surface area contributed by atoms with Crippen LogP contribution in [-0.2, 0) is 22.6 Å². The minimum absolute atomic E-state index is 0.0339. The third kappa shape index (κ3) is 5.92. The van der Waals surface area contributed by atoms with Gasteiger partial charge in [-0.25, -0.2) is 0 Å². The topological polar surface area (TPSA) is 49.4 Å². The lowest BCUT2D eigenvalue weighted by Gasteiger charge is -2.30. The Morgan fingerprint density at radius 2 is 1.86 bits per heavy atom. The highest BCUT2D eigenvalue weighted by Gasteiger charge is 2.28. The Morgan fingerprint density at radius 1 is 1.14 bits per heavy atom. The summed E-state index contributed by atoms with van der Waals surface area (Å²) in [4.78, 5) is 27.9. The second-order valence-corrected chi connectivity index (χ2v) is 8.84. The summed E-state index contributed by atoms with van der Waals surface area (Å²) < 4.78 is 0.962. The number of carbonyl (C=O) groups excluding carboxylic acids is 2. The molecule has 2 amide bonds. The van der Waals surface area contributed by atoms with Crippen LogP contribution in [0.1, 0.15) is 49.3 Å². The molecule has 1 fully saturated rings. The molecule has 5 heteroatoms. The Labute approximate surface area is 181 Å². The third-order valence-electron chi connectivity index (χ3n) is 5.71. The third-order valence-corrected chi connectivity index (χ3v) is 6.21. The van der Waals surface area contributed by atoms with Crippen LogP contribution in [-0.4, -0.2) is 28.8 Å². The zero-order valence-corrected chi connectivity index (χ0v) is 18.7. The molecule has 1 unspecified atom stereocenters. The minimum Gasteiger partial charge on any atom is -0.352 e. The lowest BCUT2D eigenvalue weighted by Crippen LogP contribution is -2.50. The number of benzene rings is 2. The lowest BCUT2D eigenvalue weighted by molar-refractivity contribution is -0.140. The van der Waals surface area contributed by atoms with Gasteiger partial charge in [0.1, 0.15) is 6.04 Å². The van der Waals surface area contributed by atoms with E-state index in [1.807, 2.05) is 62.4 Å². The maximum Gasteiger partial charge on any atom is 0.242 e. The predicted molar refractivity (Wildman–Crippen MR) is 119 cm³/mol. The molecule has 1 atom stereocenters. The molecular formula is C24H29BrN2O2. The first-order valence-electron chi connectivity index (χ1n) is 10.3. The van der Waals surface area contributed by atoms with Gasteiger partial charge in [-0.2, -0.15) is 0 Å². The number of hydrogen-bond acceptors (Lipinski definition) is 2. The summed E-state index contributed by atoms with van der Waals surface area (Å²) in [7, 11) is 0. The molecule has 0 heterocycles. The molecule has 1 N–H and O–H groups in total. The van der Waals surface area contributed by atoms with E-state index in [2.05, 4.69) is 21.2 Å². The normalized spacial score (nSPS) is 15.1. The molecule has 2 aromatic rings. The van der Waals surface area contributed by atoms with Crippen molar-refractivity contribution in [3.63, 3.8) is 0 Å². The zero-order valence-electron chi connectivity index (χ0n) is 17.2. The first-order valence-corrected chi connectivity index (χ1v) is 11.1. The lowest BCUT2D eigenvalue weighted by atomic mass is 10.0. The first-order chi connectivity index (χ1) is 13.9. The van der Waals surface area contributed by atoms with Crippen molar-refractivity contribution in [3.05, 3.63) is 69.7 Å². The fraction of sp³-hybridized carbons (Fsp3) is 0.417. The molecule has 3 rings (SSSR count). The quantitative estimate of drug-likeness (QED) is 0.651. The van der Waals surface area contributed by atoms with Crippen molar-refractivity contribution < 1.29 is 9.59 Å². The van der Waals surface area contributed by atoms with Gasteiger partial charge in [0.15, 0.2) is 0 Å². The molecule has 0 spiro atoms. The summed E-state index contributed by atoms with van der Waals surface area (Å²) in [5.41, 5.74) is 3.09. The van der Waals surface area contributed by atoms with Gasteiger partial charge >= 0.3 is 0 Å². The van der Waals surface area contributed by atoms with Crippen molar-refractivity contribution >= 4 is 27.7 Å². The van der Waals surface area contributed by atoms with Crippen LogP contribution in [0.3, 0.4) is 0 Å². The Morgan fingerprint density at radius 3 is 2.55 bits per heavy atom. The van der Waals surface area contributed by atoms with E-state index in [0.717, 1.165) is 46.8 Å². The average Bonchev–Trinajstić information content (AvgIpc) is 3.20. The average molecular weight is 457 g/mol. The maximum absolute atomic E-state index is 13.3. The Kier molecular flexibility index (Phi) is 7.48. The first kappa shape index (κ1) is 21.6. The number of aryl methyl sites for hydroxylation is 1. The molecule has 1 saturated carbocycles. The maximum atomic E-state index is 13.3. The fourth-order valence-electron chi connectivity index (χ4n) is 3.88. The van der Waals surface area contributed by atoms with Crippen molar-refractivity contribution in [1.82, 2.24) is 10.2 Å². The van der Waals surface area contributed by atoms with Crippen molar-refractivity contribution in [2.75, 3.05) is 0 Å². The molecule has 154 valence electrons. The highest BCUT2D eigenvalue weighted by molar-refractivity contribution is 9.10. The van der Waals surface area contributed by atoms with Gasteiger partial charge in [-0.3, -0.25) is 9.59 Å². The fourth-order valence-corrected chi connectivity index (χ4v) is 4.33. The number of carbonyl (C=O) groups is 2. The van der Waals surface area contributed by atoms with Crippen molar-refractivity contribution in [1.29, 1.82) is 0 Å². The summed E-state index contributed by atoms with van der Waals surface area (Å²) in [5.74, 6) is -0.0987. The molecular weight excluding hydrogens is 428 g/mol. The molecule has 29 heavy (non-hydrogen) atoms. The van der Waals surface area contributed by atoms with Crippen molar-refractivity contribution in [2.24, 2.45) is 0 Å². The second-order valence-electron chi connectivity index (χ2n) is 7.92. The molecule has 1 aliphatic carbocycles.